The highest BCUT2D eigenvalue weighted by atomic mass is 19.1. The van der Waals surface area contributed by atoms with Gasteiger partial charge in [0.1, 0.15) is 29.8 Å². The number of carbonyl (C=O) groups excluding carboxylic acids is 3. The van der Waals surface area contributed by atoms with Crippen molar-refractivity contribution in [1.29, 1.82) is 0 Å². The Morgan fingerprint density at radius 2 is 1.39 bits per heavy atom. The fraction of sp³-hybridized carbons (Fsp3) is 0.250. The lowest BCUT2D eigenvalue weighted by Gasteiger charge is -2.30. The number of aliphatic hydroxyl groups is 1. The van der Waals surface area contributed by atoms with Crippen LogP contribution in [0, 0.1) is 23.5 Å². The molecule has 0 aliphatic carbocycles. The molecule has 1 fully saturated rings. The first-order chi connectivity index (χ1) is 26.2. The first-order valence-electron chi connectivity index (χ1n) is 17.9. The smallest absolute Gasteiger partial charge is 0.465 e. The number of Topliss-reactive ketones (excluding diaryl/α,β-unsaturated/α-hetero) is 1. The van der Waals surface area contributed by atoms with E-state index in [4.69, 9.17) is 14.2 Å². The topological polar surface area (TPSA) is 111 Å². The maximum Gasteiger partial charge on any atom is 0.514 e. The molecule has 1 unspecified atom stereocenters. The number of hydrogen-bond donors (Lipinski definition) is 2. The van der Waals surface area contributed by atoms with Gasteiger partial charge in [-0.05, 0) is 90.0 Å². The number of rotatable bonds is 16. The average molecular weight is 734 g/mol. The van der Waals surface area contributed by atoms with Gasteiger partial charge in [-0.15, -0.1) is 0 Å². The molecule has 278 valence electrons. The van der Waals surface area contributed by atoms with E-state index in [2.05, 4.69) is 5.32 Å². The van der Waals surface area contributed by atoms with Gasteiger partial charge >= 0.3 is 12.1 Å². The van der Waals surface area contributed by atoms with Crippen molar-refractivity contribution in [2.45, 2.75) is 50.4 Å². The Morgan fingerprint density at radius 1 is 0.778 bits per heavy atom. The molecule has 0 spiro atoms. The zero-order valence-electron chi connectivity index (χ0n) is 29.5. The predicted octanol–water partition coefficient (Wildman–Crippen LogP) is 9.27. The molecule has 2 N–H and O–H groups in total. The Balaban J connectivity index is 1.25. The molecule has 0 aromatic heterocycles. The summed E-state index contributed by atoms with van der Waals surface area (Å²) in [6, 6.07) is 36.0. The largest absolute Gasteiger partial charge is 0.514 e. The maximum atomic E-state index is 14.4. The number of esters is 1. The van der Waals surface area contributed by atoms with E-state index >= 15 is 0 Å². The number of hydrogen-bond acceptors (Lipinski definition) is 8. The number of halogens is 2. The Labute approximate surface area is 312 Å². The third-order valence-corrected chi connectivity index (χ3v) is 9.75. The van der Waals surface area contributed by atoms with Crippen molar-refractivity contribution in [3.05, 3.63) is 167 Å². The van der Waals surface area contributed by atoms with Crippen LogP contribution in [0.2, 0.25) is 0 Å². The monoisotopic (exact) mass is 733 g/mol. The van der Waals surface area contributed by atoms with Crippen LogP contribution in [0.4, 0.5) is 19.3 Å². The minimum atomic E-state index is -0.989. The normalized spacial score (nSPS) is 16.8. The molecular weight excluding hydrogens is 692 g/mol. The molecule has 54 heavy (non-hydrogen) atoms. The zero-order valence-corrected chi connectivity index (χ0v) is 29.5. The molecule has 6 rings (SSSR count). The maximum absolute atomic E-state index is 14.4. The number of ether oxygens (including phenoxy) is 3. The second-order valence-electron chi connectivity index (χ2n) is 13.3. The summed E-state index contributed by atoms with van der Waals surface area (Å²) in [4.78, 5) is 39.8. The van der Waals surface area contributed by atoms with Gasteiger partial charge in [-0.1, -0.05) is 84.9 Å². The molecule has 1 aliphatic rings. The minimum absolute atomic E-state index is 0.0413. The van der Waals surface area contributed by atoms with Crippen LogP contribution in [0.3, 0.4) is 0 Å². The van der Waals surface area contributed by atoms with Gasteiger partial charge < -0.3 is 24.6 Å². The summed E-state index contributed by atoms with van der Waals surface area (Å²) < 4.78 is 43.7. The molecule has 1 saturated heterocycles. The van der Waals surface area contributed by atoms with E-state index < -0.39 is 41.8 Å². The van der Waals surface area contributed by atoms with Crippen LogP contribution in [0.1, 0.15) is 66.0 Å². The summed E-state index contributed by atoms with van der Waals surface area (Å²) in [5, 5.41) is 14.5. The quantitative estimate of drug-likeness (QED) is 0.0763. The van der Waals surface area contributed by atoms with Crippen LogP contribution in [0.15, 0.2) is 133 Å². The summed E-state index contributed by atoms with van der Waals surface area (Å²) in [6.07, 6.45) is -1.19. The second kappa shape index (κ2) is 18.3. The molecule has 5 aromatic carbocycles. The number of cyclic esters (lactones) is 1. The third-order valence-electron chi connectivity index (χ3n) is 9.75. The van der Waals surface area contributed by atoms with Crippen LogP contribution in [0.25, 0.3) is 0 Å². The lowest BCUT2D eigenvalue weighted by atomic mass is 9.80. The fourth-order valence-electron chi connectivity index (χ4n) is 6.82. The van der Waals surface area contributed by atoms with E-state index in [0.717, 1.165) is 11.1 Å². The Bertz CT molecular complexity index is 1970. The van der Waals surface area contributed by atoms with E-state index in [9.17, 15) is 28.3 Å². The third kappa shape index (κ3) is 10.2. The SMILES string of the molecule is O=C(OCc1ccccc1)Oc1ccc([C@@H](Nc2ccc(F)cc2)[C@@H](CC[C@H](O)c2ccc(F)cc2)C(=O)CCC2C(=O)OC[C@@H]2c2ccccc2)cc1. The highest BCUT2D eigenvalue weighted by molar-refractivity contribution is 5.84. The van der Waals surface area contributed by atoms with E-state index in [0.29, 0.717) is 16.8 Å². The zero-order chi connectivity index (χ0) is 37.9. The van der Waals surface area contributed by atoms with E-state index in [1.165, 1.54) is 36.4 Å². The number of benzene rings is 5. The molecule has 0 radical (unpaired) electrons. The predicted molar refractivity (Wildman–Crippen MR) is 198 cm³/mol. The fourth-order valence-corrected chi connectivity index (χ4v) is 6.82. The van der Waals surface area contributed by atoms with Crippen molar-refractivity contribution in [2.24, 2.45) is 11.8 Å². The Morgan fingerprint density at radius 3 is 2.06 bits per heavy atom. The Hall–Kier alpha value is -5.87. The number of anilines is 1. The molecule has 1 aliphatic heterocycles. The van der Waals surface area contributed by atoms with E-state index in [1.807, 2.05) is 60.7 Å². The van der Waals surface area contributed by atoms with Gasteiger partial charge in [-0.3, -0.25) is 9.59 Å². The van der Waals surface area contributed by atoms with Gasteiger partial charge in [-0.2, -0.15) is 0 Å². The van der Waals surface area contributed by atoms with Crippen LogP contribution < -0.4 is 10.1 Å². The van der Waals surface area contributed by atoms with Gasteiger partial charge in [-0.25, -0.2) is 13.6 Å². The van der Waals surface area contributed by atoms with Gasteiger partial charge in [0.2, 0.25) is 0 Å². The highest BCUT2D eigenvalue weighted by Gasteiger charge is 2.39. The van der Waals surface area contributed by atoms with Crippen molar-refractivity contribution >= 4 is 23.6 Å². The first kappa shape index (κ1) is 37.9. The van der Waals surface area contributed by atoms with Crippen molar-refractivity contribution in [1.82, 2.24) is 0 Å². The lowest BCUT2D eigenvalue weighted by Crippen LogP contribution is -2.29. The molecule has 0 saturated carbocycles. The standard InChI is InChI=1S/C44H41F2NO7/c45-33-15-11-31(12-16-33)40(48)25-24-38(41(49)26-23-37-39(28-52-43(37)50)30-9-5-2-6-10-30)42(47-35-19-17-34(46)18-20-35)32-13-21-36(22-14-32)54-44(51)53-27-29-7-3-1-4-8-29/h1-22,37-40,42,47-48H,23-28H2/t37?,38-,39+,40-,42+/m0/s1. The minimum Gasteiger partial charge on any atom is -0.465 e. The number of nitrogens with one attached hydrogen (secondary N) is 1. The summed E-state index contributed by atoms with van der Waals surface area (Å²) in [5.41, 5.74) is 3.47. The van der Waals surface area contributed by atoms with Gasteiger partial charge in [0.05, 0.1) is 24.7 Å². The molecule has 0 amide bonds. The number of carbonyl (C=O) groups is 3. The lowest BCUT2D eigenvalue weighted by molar-refractivity contribution is -0.141. The summed E-state index contributed by atoms with van der Waals surface area (Å²) in [7, 11) is 0. The summed E-state index contributed by atoms with van der Waals surface area (Å²) in [5.74, 6) is -2.59. The first-order valence-corrected chi connectivity index (χ1v) is 17.9. The van der Waals surface area contributed by atoms with Crippen molar-refractivity contribution < 1.29 is 42.5 Å². The van der Waals surface area contributed by atoms with E-state index in [-0.39, 0.29) is 62.3 Å². The van der Waals surface area contributed by atoms with Gasteiger partial charge in [0.15, 0.2) is 0 Å². The molecule has 5 atom stereocenters. The molecule has 1 heterocycles. The summed E-state index contributed by atoms with van der Waals surface area (Å²) in [6.45, 7) is 0.275. The molecule has 10 heteroatoms. The van der Waals surface area contributed by atoms with Crippen LogP contribution in [0.5, 0.6) is 5.75 Å². The summed E-state index contributed by atoms with van der Waals surface area (Å²) >= 11 is 0. The van der Waals surface area contributed by atoms with Crippen molar-refractivity contribution in [2.75, 3.05) is 11.9 Å². The molecular formula is C44H41F2NO7. The number of aliphatic hydroxyl groups excluding tert-OH is 1. The van der Waals surface area contributed by atoms with E-state index in [1.54, 1.807) is 36.4 Å². The van der Waals surface area contributed by atoms with Crippen LogP contribution in [-0.4, -0.2) is 29.6 Å². The van der Waals surface area contributed by atoms with Crippen molar-refractivity contribution in [3.8, 4) is 5.75 Å². The molecule has 5 aromatic rings. The van der Waals surface area contributed by atoms with Gasteiger partial charge in [0.25, 0.3) is 0 Å². The highest BCUT2D eigenvalue weighted by Crippen LogP contribution is 2.38. The van der Waals surface area contributed by atoms with Crippen LogP contribution in [-0.2, 0) is 25.7 Å². The molecule has 0 bridgehead atoms. The van der Waals surface area contributed by atoms with Crippen LogP contribution >= 0.6 is 0 Å². The van der Waals surface area contributed by atoms with Gasteiger partial charge in [0, 0.05) is 23.9 Å². The van der Waals surface area contributed by atoms with Crippen molar-refractivity contribution in [3.63, 3.8) is 0 Å². The Kier molecular flexibility index (Phi) is 12.8. The number of ketones is 1. The second-order valence-corrected chi connectivity index (χ2v) is 13.3. The average Bonchev–Trinajstić information content (AvgIpc) is 3.57. The molecule has 8 nitrogen and oxygen atoms in total.